The van der Waals surface area contributed by atoms with Crippen molar-refractivity contribution in [1.29, 1.82) is 0 Å². The van der Waals surface area contributed by atoms with Crippen LogP contribution in [0.3, 0.4) is 0 Å². The van der Waals surface area contributed by atoms with Gasteiger partial charge in [-0.2, -0.15) is 0 Å². The summed E-state index contributed by atoms with van der Waals surface area (Å²) in [6.07, 6.45) is 0. The molecule has 0 atom stereocenters. The fourth-order valence-electron chi connectivity index (χ4n) is 3.13. The van der Waals surface area contributed by atoms with Gasteiger partial charge in [-0.15, -0.1) is 11.3 Å². The van der Waals surface area contributed by atoms with Crippen LogP contribution in [-0.4, -0.2) is 37.0 Å². The third kappa shape index (κ3) is 3.58. The third-order valence-corrected chi connectivity index (χ3v) is 5.33. The average Bonchev–Trinajstić information content (AvgIpc) is 3.24. The summed E-state index contributed by atoms with van der Waals surface area (Å²) in [5.41, 5.74) is 1.07. The number of amides is 1. The number of hydrogen-bond donors (Lipinski definition) is 0. The van der Waals surface area contributed by atoms with Gasteiger partial charge in [0.15, 0.2) is 5.75 Å². The molecule has 3 aromatic rings. The van der Waals surface area contributed by atoms with Crippen LogP contribution >= 0.6 is 11.3 Å². The van der Waals surface area contributed by atoms with Gasteiger partial charge in [-0.25, -0.2) is 0 Å². The van der Waals surface area contributed by atoms with Crippen LogP contribution in [0.15, 0.2) is 72.1 Å². The van der Waals surface area contributed by atoms with Gasteiger partial charge in [-0.3, -0.25) is 4.79 Å². The molecule has 0 N–H and O–H groups in total. The summed E-state index contributed by atoms with van der Waals surface area (Å²) < 4.78 is 6.08. The molecular formula is C21H20N2O2S. The van der Waals surface area contributed by atoms with Crippen molar-refractivity contribution in [3.05, 3.63) is 77.0 Å². The Morgan fingerprint density at radius 2 is 1.58 bits per heavy atom. The highest BCUT2D eigenvalue weighted by Crippen LogP contribution is 2.32. The van der Waals surface area contributed by atoms with Gasteiger partial charge in [0.1, 0.15) is 5.75 Å². The minimum absolute atomic E-state index is 0.133. The van der Waals surface area contributed by atoms with Crippen molar-refractivity contribution in [2.24, 2.45) is 0 Å². The fourth-order valence-corrected chi connectivity index (χ4v) is 3.82. The van der Waals surface area contributed by atoms with E-state index in [9.17, 15) is 4.79 Å². The molecule has 2 aromatic carbocycles. The lowest BCUT2D eigenvalue weighted by Crippen LogP contribution is -2.48. The van der Waals surface area contributed by atoms with Crippen molar-refractivity contribution in [1.82, 2.24) is 4.90 Å². The first-order valence-electron chi connectivity index (χ1n) is 8.71. The first kappa shape index (κ1) is 16.7. The van der Waals surface area contributed by atoms with Crippen molar-refractivity contribution < 1.29 is 9.53 Å². The van der Waals surface area contributed by atoms with Crippen molar-refractivity contribution in [2.45, 2.75) is 0 Å². The zero-order chi connectivity index (χ0) is 17.8. The van der Waals surface area contributed by atoms with Crippen molar-refractivity contribution in [3.63, 3.8) is 0 Å². The lowest BCUT2D eigenvalue weighted by molar-refractivity contribution is 0.0751. The number of nitrogens with zero attached hydrogens (tertiary/aromatic N) is 2. The van der Waals surface area contributed by atoms with Gasteiger partial charge in [-0.1, -0.05) is 36.4 Å². The van der Waals surface area contributed by atoms with Gasteiger partial charge in [0.05, 0.1) is 10.6 Å². The molecule has 5 heteroatoms. The second-order valence-corrected chi connectivity index (χ2v) is 7.09. The Balaban J connectivity index is 1.45. The lowest BCUT2D eigenvalue weighted by Gasteiger charge is -2.36. The molecule has 0 radical (unpaired) electrons. The number of carbonyl (C=O) groups excluding carboxylic acids is 1. The Bertz CT molecular complexity index is 857. The van der Waals surface area contributed by atoms with Gasteiger partial charge < -0.3 is 14.5 Å². The van der Waals surface area contributed by atoms with Crippen LogP contribution < -0.4 is 9.64 Å². The minimum Gasteiger partial charge on any atom is -0.455 e. The number of rotatable bonds is 4. The number of hydrogen-bond acceptors (Lipinski definition) is 4. The topological polar surface area (TPSA) is 32.8 Å². The largest absolute Gasteiger partial charge is 0.455 e. The predicted octanol–water partition coefficient (Wildman–Crippen LogP) is 4.50. The summed E-state index contributed by atoms with van der Waals surface area (Å²) in [6.45, 7) is 3.03. The zero-order valence-electron chi connectivity index (χ0n) is 14.4. The van der Waals surface area contributed by atoms with Gasteiger partial charge in [-0.05, 0) is 35.7 Å². The Morgan fingerprint density at radius 3 is 2.31 bits per heavy atom. The molecule has 0 spiro atoms. The molecule has 1 aliphatic heterocycles. The molecule has 26 heavy (non-hydrogen) atoms. The summed E-state index contributed by atoms with van der Waals surface area (Å²) in [6, 6.07) is 21.7. The minimum atomic E-state index is 0.133. The number of carbonyl (C=O) groups is 1. The van der Waals surface area contributed by atoms with E-state index in [1.54, 1.807) is 0 Å². The van der Waals surface area contributed by atoms with Crippen LogP contribution in [0.4, 0.5) is 5.69 Å². The molecule has 1 amide bonds. The highest BCUT2D eigenvalue weighted by atomic mass is 32.1. The quantitative estimate of drug-likeness (QED) is 0.683. The fraction of sp³-hybridized carbons (Fsp3) is 0.190. The summed E-state index contributed by atoms with van der Waals surface area (Å²) in [7, 11) is 0. The second-order valence-electron chi connectivity index (χ2n) is 6.14. The second kappa shape index (κ2) is 7.62. The van der Waals surface area contributed by atoms with Crippen LogP contribution in [0.25, 0.3) is 0 Å². The van der Waals surface area contributed by atoms with Gasteiger partial charge in [0, 0.05) is 26.2 Å². The Labute approximate surface area is 157 Å². The first-order chi connectivity index (χ1) is 12.8. The summed E-state index contributed by atoms with van der Waals surface area (Å²) in [5, 5.41) is 1.95. The standard InChI is InChI=1S/C21H20N2O2S/c24-21(20-11-6-16-26-20)23-14-12-22(13-15-23)18-9-4-5-10-19(18)25-17-7-2-1-3-8-17/h1-11,16H,12-15H2. The zero-order valence-corrected chi connectivity index (χ0v) is 15.2. The van der Waals surface area contributed by atoms with Crippen molar-refractivity contribution in [2.75, 3.05) is 31.1 Å². The van der Waals surface area contributed by atoms with E-state index in [0.29, 0.717) is 0 Å². The molecule has 1 fully saturated rings. The number of ether oxygens (including phenoxy) is 1. The van der Waals surface area contributed by atoms with Gasteiger partial charge in [0.2, 0.25) is 0 Å². The molecular weight excluding hydrogens is 344 g/mol. The highest BCUT2D eigenvalue weighted by molar-refractivity contribution is 7.12. The smallest absolute Gasteiger partial charge is 0.264 e. The maximum absolute atomic E-state index is 12.5. The molecule has 1 saturated heterocycles. The molecule has 0 saturated carbocycles. The maximum Gasteiger partial charge on any atom is 0.264 e. The average molecular weight is 364 g/mol. The normalized spacial score (nSPS) is 14.3. The molecule has 1 aliphatic rings. The molecule has 4 rings (SSSR count). The number of piperazine rings is 1. The predicted molar refractivity (Wildman–Crippen MR) is 105 cm³/mol. The van der Waals surface area contributed by atoms with Crippen LogP contribution in [0.1, 0.15) is 9.67 Å². The molecule has 1 aromatic heterocycles. The van der Waals surface area contributed by atoms with Crippen LogP contribution in [0, 0.1) is 0 Å². The number of benzene rings is 2. The first-order valence-corrected chi connectivity index (χ1v) is 9.59. The monoisotopic (exact) mass is 364 g/mol. The molecule has 132 valence electrons. The molecule has 0 bridgehead atoms. The van der Waals surface area contributed by atoms with E-state index in [4.69, 9.17) is 4.74 Å². The van der Waals surface area contributed by atoms with E-state index in [1.807, 2.05) is 70.9 Å². The van der Waals surface area contributed by atoms with E-state index in [0.717, 1.165) is 48.2 Å². The summed E-state index contributed by atoms with van der Waals surface area (Å²) in [5.74, 6) is 1.80. The van der Waals surface area contributed by atoms with E-state index in [2.05, 4.69) is 11.0 Å². The summed E-state index contributed by atoms with van der Waals surface area (Å²) in [4.78, 5) is 17.5. The van der Waals surface area contributed by atoms with Crippen LogP contribution in [0.2, 0.25) is 0 Å². The number of para-hydroxylation sites is 3. The van der Waals surface area contributed by atoms with E-state index in [-0.39, 0.29) is 5.91 Å². The number of thiophene rings is 1. The van der Waals surface area contributed by atoms with E-state index < -0.39 is 0 Å². The maximum atomic E-state index is 12.5. The van der Waals surface area contributed by atoms with Crippen LogP contribution in [0.5, 0.6) is 11.5 Å². The Hall–Kier alpha value is -2.79. The highest BCUT2D eigenvalue weighted by Gasteiger charge is 2.24. The van der Waals surface area contributed by atoms with E-state index in [1.165, 1.54) is 11.3 Å². The SMILES string of the molecule is O=C(c1cccs1)N1CCN(c2ccccc2Oc2ccccc2)CC1. The Morgan fingerprint density at radius 1 is 0.846 bits per heavy atom. The molecule has 4 nitrogen and oxygen atoms in total. The Kier molecular flexibility index (Phi) is 4.88. The van der Waals surface area contributed by atoms with Crippen molar-refractivity contribution >= 4 is 22.9 Å². The molecule has 2 heterocycles. The molecule has 0 aliphatic carbocycles. The van der Waals surface area contributed by atoms with Crippen molar-refractivity contribution in [3.8, 4) is 11.5 Å². The molecule has 0 unspecified atom stereocenters. The third-order valence-electron chi connectivity index (χ3n) is 4.48. The van der Waals surface area contributed by atoms with Crippen LogP contribution in [-0.2, 0) is 0 Å². The van der Waals surface area contributed by atoms with E-state index >= 15 is 0 Å². The van der Waals surface area contributed by atoms with Gasteiger partial charge >= 0.3 is 0 Å². The number of anilines is 1. The van der Waals surface area contributed by atoms with Gasteiger partial charge in [0.25, 0.3) is 5.91 Å². The lowest BCUT2D eigenvalue weighted by atomic mass is 10.2. The summed E-state index contributed by atoms with van der Waals surface area (Å²) >= 11 is 1.50.